The molecule has 0 aliphatic rings. The summed E-state index contributed by atoms with van der Waals surface area (Å²) in [6.45, 7) is 5.98. The number of aliphatic hydroxyl groups is 1. The van der Waals surface area contributed by atoms with E-state index in [-0.39, 0.29) is 12.0 Å². The summed E-state index contributed by atoms with van der Waals surface area (Å²) in [7, 11) is 3.25. The number of ether oxygens (including phenoxy) is 2. The first-order chi connectivity index (χ1) is 7.88. The van der Waals surface area contributed by atoms with Crippen molar-refractivity contribution in [3.63, 3.8) is 0 Å². The zero-order valence-corrected chi connectivity index (χ0v) is 12.5. The minimum atomic E-state index is -0.356. The van der Waals surface area contributed by atoms with Crippen LogP contribution in [0.3, 0.4) is 0 Å². The average molecular weight is 303 g/mol. The minimum Gasteiger partial charge on any atom is -0.495 e. The van der Waals surface area contributed by atoms with Crippen LogP contribution in [0.1, 0.15) is 25.0 Å². The predicted molar refractivity (Wildman–Crippen MR) is 72.1 cm³/mol. The highest BCUT2D eigenvalue weighted by Crippen LogP contribution is 2.44. The highest BCUT2D eigenvalue weighted by atomic mass is 79.9. The van der Waals surface area contributed by atoms with Crippen molar-refractivity contribution in [3.8, 4) is 11.5 Å². The summed E-state index contributed by atoms with van der Waals surface area (Å²) in [5, 5.41) is 9.47. The van der Waals surface area contributed by atoms with Gasteiger partial charge in [-0.25, -0.2) is 0 Å². The molecule has 96 valence electrons. The van der Waals surface area contributed by atoms with Crippen LogP contribution in [-0.2, 0) is 5.41 Å². The van der Waals surface area contributed by atoms with Gasteiger partial charge in [-0.2, -0.15) is 0 Å². The lowest BCUT2D eigenvalue weighted by Gasteiger charge is -2.27. The van der Waals surface area contributed by atoms with Gasteiger partial charge in [0, 0.05) is 11.0 Å². The van der Waals surface area contributed by atoms with Crippen molar-refractivity contribution >= 4 is 15.9 Å². The third-order valence-corrected chi connectivity index (χ3v) is 3.62. The second-order valence-electron chi connectivity index (χ2n) is 4.66. The molecule has 1 rings (SSSR count). The number of rotatable bonds is 4. The van der Waals surface area contributed by atoms with Crippen molar-refractivity contribution in [2.24, 2.45) is 0 Å². The van der Waals surface area contributed by atoms with Crippen LogP contribution in [0.2, 0.25) is 0 Å². The molecule has 0 aromatic heterocycles. The van der Waals surface area contributed by atoms with E-state index in [1.54, 1.807) is 14.2 Å². The smallest absolute Gasteiger partial charge is 0.140 e. The number of methoxy groups -OCH3 is 2. The quantitative estimate of drug-likeness (QED) is 0.929. The van der Waals surface area contributed by atoms with Gasteiger partial charge in [-0.3, -0.25) is 0 Å². The van der Waals surface area contributed by atoms with E-state index < -0.39 is 0 Å². The zero-order valence-electron chi connectivity index (χ0n) is 10.9. The molecular formula is C13H19BrO3. The fourth-order valence-electron chi connectivity index (χ4n) is 1.78. The predicted octanol–water partition coefficient (Wildman–Crippen LogP) is 3.04. The van der Waals surface area contributed by atoms with Crippen molar-refractivity contribution in [1.29, 1.82) is 0 Å². The Hall–Kier alpha value is -0.740. The van der Waals surface area contributed by atoms with E-state index in [1.807, 2.05) is 26.8 Å². The Bertz CT molecular complexity index is 414. The van der Waals surface area contributed by atoms with Crippen molar-refractivity contribution in [1.82, 2.24) is 0 Å². The summed E-state index contributed by atoms with van der Waals surface area (Å²) in [6.07, 6.45) is 0. The van der Waals surface area contributed by atoms with Crippen LogP contribution in [0.15, 0.2) is 10.5 Å². The van der Waals surface area contributed by atoms with E-state index in [0.717, 1.165) is 21.3 Å². The van der Waals surface area contributed by atoms with E-state index in [2.05, 4.69) is 15.9 Å². The topological polar surface area (TPSA) is 38.7 Å². The molecule has 0 radical (unpaired) electrons. The van der Waals surface area contributed by atoms with Gasteiger partial charge in [-0.1, -0.05) is 13.8 Å². The Labute approximate surface area is 111 Å². The molecule has 1 aromatic rings. The molecule has 1 aromatic carbocycles. The van der Waals surface area contributed by atoms with Gasteiger partial charge in [-0.15, -0.1) is 0 Å². The monoisotopic (exact) mass is 302 g/mol. The molecule has 0 aliphatic carbocycles. The van der Waals surface area contributed by atoms with E-state index in [4.69, 9.17) is 9.47 Å². The Morgan fingerprint density at radius 3 is 2.18 bits per heavy atom. The van der Waals surface area contributed by atoms with Crippen LogP contribution in [-0.4, -0.2) is 25.9 Å². The van der Waals surface area contributed by atoms with Gasteiger partial charge >= 0.3 is 0 Å². The highest BCUT2D eigenvalue weighted by molar-refractivity contribution is 9.10. The van der Waals surface area contributed by atoms with Crippen LogP contribution in [0.4, 0.5) is 0 Å². The molecule has 0 saturated carbocycles. The first kappa shape index (κ1) is 14.3. The number of hydrogen-bond acceptors (Lipinski definition) is 3. The molecule has 0 heterocycles. The van der Waals surface area contributed by atoms with Gasteiger partial charge in [0.25, 0.3) is 0 Å². The third kappa shape index (κ3) is 2.58. The standard InChI is InChI=1S/C13H19BrO3/c1-8-6-9(13(2,3)7-15)12(17-5)10(14)11(8)16-4/h6,15H,7H2,1-5H3. The maximum atomic E-state index is 9.47. The number of hydrogen-bond donors (Lipinski definition) is 1. The number of halogens is 1. The summed E-state index contributed by atoms with van der Waals surface area (Å²) in [4.78, 5) is 0. The molecule has 1 N–H and O–H groups in total. The first-order valence-electron chi connectivity index (χ1n) is 5.41. The van der Waals surface area contributed by atoms with Crippen molar-refractivity contribution in [3.05, 3.63) is 21.7 Å². The molecule has 0 unspecified atom stereocenters. The Kier molecular flexibility index (Phi) is 4.44. The summed E-state index contributed by atoms with van der Waals surface area (Å²) in [5.41, 5.74) is 1.62. The largest absolute Gasteiger partial charge is 0.495 e. The average Bonchev–Trinajstić information content (AvgIpc) is 2.29. The summed E-state index contributed by atoms with van der Waals surface area (Å²) >= 11 is 3.49. The van der Waals surface area contributed by atoms with Crippen LogP contribution < -0.4 is 9.47 Å². The van der Waals surface area contributed by atoms with Gasteiger partial charge in [-0.05, 0) is 34.5 Å². The van der Waals surface area contributed by atoms with E-state index >= 15 is 0 Å². The van der Waals surface area contributed by atoms with Gasteiger partial charge in [0.05, 0.1) is 20.8 Å². The fourth-order valence-corrected chi connectivity index (χ4v) is 2.63. The first-order valence-corrected chi connectivity index (χ1v) is 6.20. The number of aliphatic hydroxyl groups excluding tert-OH is 1. The fraction of sp³-hybridized carbons (Fsp3) is 0.538. The maximum absolute atomic E-state index is 9.47. The molecule has 0 fully saturated rings. The molecule has 0 spiro atoms. The van der Waals surface area contributed by atoms with Crippen LogP contribution in [0.5, 0.6) is 11.5 Å². The Morgan fingerprint density at radius 2 is 1.76 bits per heavy atom. The minimum absolute atomic E-state index is 0.0571. The molecule has 0 saturated heterocycles. The second-order valence-corrected chi connectivity index (χ2v) is 5.46. The Balaban J connectivity index is 3.52. The third-order valence-electron chi connectivity index (χ3n) is 2.89. The van der Waals surface area contributed by atoms with Gasteiger partial charge in [0.15, 0.2) is 0 Å². The maximum Gasteiger partial charge on any atom is 0.140 e. The second kappa shape index (κ2) is 5.27. The lowest BCUT2D eigenvalue weighted by Crippen LogP contribution is -2.23. The van der Waals surface area contributed by atoms with Gasteiger partial charge < -0.3 is 14.6 Å². The van der Waals surface area contributed by atoms with Crippen molar-refractivity contribution < 1.29 is 14.6 Å². The molecule has 17 heavy (non-hydrogen) atoms. The van der Waals surface area contributed by atoms with Crippen molar-refractivity contribution in [2.75, 3.05) is 20.8 Å². The summed E-state index contributed by atoms with van der Waals surface area (Å²) < 4.78 is 11.5. The summed E-state index contributed by atoms with van der Waals surface area (Å²) in [6, 6.07) is 2.00. The molecule has 0 atom stereocenters. The van der Waals surface area contributed by atoms with E-state index in [1.165, 1.54) is 0 Å². The lowest BCUT2D eigenvalue weighted by molar-refractivity contribution is 0.214. The SMILES string of the molecule is COc1c(C)cc(C(C)(C)CO)c(OC)c1Br. The van der Waals surface area contributed by atoms with Gasteiger partial charge in [0.2, 0.25) is 0 Å². The normalized spacial score (nSPS) is 11.5. The molecule has 0 amide bonds. The molecule has 4 heteroatoms. The number of benzene rings is 1. The van der Waals surface area contributed by atoms with Gasteiger partial charge in [0.1, 0.15) is 16.0 Å². The Morgan fingerprint density at radius 1 is 1.24 bits per heavy atom. The molecular weight excluding hydrogens is 284 g/mol. The number of aryl methyl sites for hydroxylation is 1. The highest BCUT2D eigenvalue weighted by Gasteiger charge is 2.27. The summed E-state index contributed by atoms with van der Waals surface area (Å²) in [5.74, 6) is 1.48. The lowest BCUT2D eigenvalue weighted by atomic mass is 9.84. The van der Waals surface area contributed by atoms with E-state index in [9.17, 15) is 5.11 Å². The zero-order chi connectivity index (χ0) is 13.2. The molecule has 3 nitrogen and oxygen atoms in total. The van der Waals surface area contributed by atoms with Crippen LogP contribution in [0, 0.1) is 6.92 Å². The van der Waals surface area contributed by atoms with Crippen LogP contribution >= 0.6 is 15.9 Å². The van der Waals surface area contributed by atoms with Crippen molar-refractivity contribution in [2.45, 2.75) is 26.2 Å². The molecule has 0 aliphatic heterocycles. The van der Waals surface area contributed by atoms with Crippen LogP contribution in [0.25, 0.3) is 0 Å². The van der Waals surface area contributed by atoms with E-state index in [0.29, 0.717) is 5.75 Å². The molecule has 0 bridgehead atoms.